The Morgan fingerprint density at radius 3 is 2.75 bits per heavy atom. The zero-order chi connectivity index (χ0) is 22.9. The van der Waals surface area contributed by atoms with Crippen molar-refractivity contribution < 1.29 is 17.9 Å². The van der Waals surface area contributed by atoms with Gasteiger partial charge in [-0.25, -0.2) is 8.42 Å². The van der Waals surface area contributed by atoms with Gasteiger partial charge in [-0.3, -0.25) is 9.10 Å². The second-order valence-electron chi connectivity index (χ2n) is 7.54. The standard InChI is InChI=1S/C21H23N5O4S2/c1-14-6-9-20(30-2)18(11-14)26-21(22-23-24-26)31-13-19(27)16-7-8-17-15(12-16)5-4-10-25(17)32(3,28)29/h6-9,11-12H,4-5,10,13H2,1-3H3. The topological polar surface area (TPSA) is 107 Å². The maximum Gasteiger partial charge on any atom is 0.232 e. The van der Waals surface area contributed by atoms with Crippen molar-refractivity contribution in [1.82, 2.24) is 20.2 Å². The van der Waals surface area contributed by atoms with Gasteiger partial charge in [-0.1, -0.05) is 17.8 Å². The van der Waals surface area contributed by atoms with Crippen molar-refractivity contribution in [2.75, 3.05) is 30.0 Å². The molecule has 0 spiro atoms. The molecule has 3 aromatic rings. The van der Waals surface area contributed by atoms with Crippen LogP contribution in [-0.2, 0) is 16.4 Å². The Hall–Kier alpha value is -2.92. The van der Waals surface area contributed by atoms with Crippen LogP contribution in [0, 0.1) is 6.92 Å². The molecule has 32 heavy (non-hydrogen) atoms. The van der Waals surface area contributed by atoms with Crippen molar-refractivity contribution in [2.45, 2.75) is 24.9 Å². The second kappa shape index (κ2) is 8.91. The van der Waals surface area contributed by atoms with Gasteiger partial charge in [0.2, 0.25) is 15.2 Å². The minimum Gasteiger partial charge on any atom is -0.494 e. The molecule has 1 aromatic heterocycles. The van der Waals surface area contributed by atoms with Gasteiger partial charge >= 0.3 is 0 Å². The van der Waals surface area contributed by atoms with Gasteiger partial charge in [-0.2, -0.15) is 4.68 Å². The van der Waals surface area contributed by atoms with E-state index in [-0.39, 0.29) is 11.5 Å². The number of thioether (sulfide) groups is 1. The Bertz CT molecular complexity index is 1270. The largest absolute Gasteiger partial charge is 0.494 e. The molecule has 0 atom stereocenters. The number of ketones is 1. The van der Waals surface area contributed by atoms with Crippen LogP contribution in [0.5, 0.6) is 5.75 Å². The van der Waals surface area contributed by atoms with E-state index in [0.29, 0.717) is 34.4 Å². The molecule has 0 unspecified atom stereocenters. The summed E-state index contributed by atoms with van der Waals surface area (Å²) in [6.07, 6.45) is 2.66. The number of fused-ring (bicyclic) bond motifs is 1. The summed E-state index contributed by atoms with van der Waals surface area (Å²) >= 11 is 1.23. The number of aromatic nitrogens is 4. The first-order valence-corrected chi connectivity index (χ1v) is 12.8. The number of anilines is 1. The van der Waals surface area contributed by atoms with Crippen LogP contribution in [0.15, 0.2) is 41.6 Å². The quantitative estimate of drug-likeness (QED) is 0.381. The number of hydrogen-bond acceptors (Lipinski definition) is 8. The number of rotatable bonds is 7. The fraction of sp³-hybridized carbons (Fsp3) is 0.333. The van der Waals surface area contributed by atoms with Crippen molar-refractivity contribution in [3.8, 4) is 11.4 Å². The smallest absolute Gasteiger partial charge is 0.232 e. The maximum absolute atomic E-state index is 12.9. The van der Waals surface area contributed by atoms with Crippen molar-refractivity contribution >= 4 is 33.3 Å². The van der Waals surface area contributed by atoms with Gasteiger partial charge in [0.15, 0.2) is 5.78 Å². The van der Waals surface area contributed by atoms with Gasteiger partial charge in [0, 0.05) is 12.1 Å². The molecule has 0 N–H and O–H groups in total. The maximum atomic E-state index is 12.9. The second-order valence-corrected chi connectivity index (χ2v) is 10.4. The van der Waals surface area contributed by atoms with Gasteiger partial charge in [-0.15, -0.1) is 5.10 Å². The Kier molecular flexibility index (Phi) is 6.20. The SMILES string of the molecule is COc1ccc(C)cc1-n1nnnc1SCC(=O)c1ccc2c(c1)CCCN2S(C)(=O)=O. The first-order chi connectivity index (χ1) is 15.3. The monoisotopic (exact) mass is 473 g/mol. The van der Waals surface area contributed by atoms with Crippen LogP contribution in [0.4, 0.5) is 5.69 Å². The molecule has 4 rings (SSSR count). The number of sulfonamides is 1. The van der Waals surface area contributed by atoms with Crippen LogP contribution < -0.4 is 9.04 Å². The van der Waals surface area contributed by atoms with E-state index in [1.165, 1.54) is 22.3 Å². The van der Waals surface area contributed by atoms with Crippen molar-refractivity contribution in [3.05, 3.63) is 53.1 Å². The summed E-state index contributed by atoms with van der Waals surface area (Å²) in [6.45, 7) is 2.42. The van der Waals surface area contributed by atoms with Crippen LogP contribution in [-0.4, -0.2) is 60.1 Å². The molecular formula is C21H23N5O4S2. The third-order valence-corrected chi connectivity index (χ3v) is 7.31. The lowest BCUT2D eigenvalue weighted by Crippen LogP contribution is -2.34. The molecule has 0 fully saturated rings. The first kappa shape index (κ1) is 22.3. The van der Waals surface area contributed by atoms with E-state index in [2.05, 4.69) is 15.5 Å². The Balaban J connectivity index is 1.53. The fourth-order valence-electron chi connectivity index (χ4n) is 3.68. The number of carbonyl (C=O) groups excluding carboxylic acids is 1. The average molecular weight is 474 g/mol. The third kappa shape index (κ3) is 4.49. The highest BCUT2D eigenvalue weighted by atomic mass is 32.2. The number of nitrogens with zero attached hydrogens (tertiary/aromatic N) is 5. The fourth-order valence-corrected chi connectivity index (χ4v) is 5.45. The average Bonchev–Trinajstić information content (AvgIpc) is 3.24. The van der Waals surface area contributed by atoms with E-state index in [1.54, 1.807) is 30.0 Å². The van der Waals surface area contributed by atoms with Crippen LogP contribution in [0.3, 0.4) is 0 Å². The summed E-state index contributed by atoms with van der Waals surface area (Å²) in [5, 5.41) is 12.3. The molecule has 1 aliphatic rings. The molecule has 9 nitrogen and oxygen atoms in total. The van der Waals surface area contributed by atoms with E-state index in [0.717, 1.165) is 24.0 Å². The zero-order valence-electron chi connectivity index (χ0n) is 18.0. The molecule has 11 heteroatoms. The Labute approximate surface area is 190 Å². The van der Waals surface area contributed by atoms with E-state index in [4.69, 9.17) is 4.74 Å². The number of methoxy groups -OCH3 is 1. The molecule has 1 aliphatic heterocycles. The molecular weight excluding hydrogens is 450 g/mol. The number of ether oxygens (including phenoxy) is 1. The first-order valence-electron chi connectivity index (χ1n) is 9.98. The Morgan fingerprint density at radius 1 is 1.19 bits per heavy atom. The summed E-state index contributed by atoms with van der Waals surface area (Å²) in [7, 11) is -1.76. The lowest BCUT2D eigenvalue weighted by Gasteiger charge is -2.29. The number of Topliss-reactive ketones (excluding diaryl/α,β-unsaturated/α-hetero) is 1. The van der Waals surface area contributed by atoms with Gasteiger partial charge in [0.25, 0.3) is 0 Å². The predicted molar refractivity (Wildman–Crippen MR) is 122 cm³/mol. The van der Waals surface area contributed by atoms with Gasteiger partial charge < -0.3 is 4.74 Å². The highest BCUT2D eigenvalue weighted by molar-refractivity contribution is 7.99. The van der Waals surface area contributed by atoms with Gasteiger partial charge in [0.05, 0.1) is 24.8 Å². The number of carbonyl (C=O) groups is 1. The van der Waals surface area contributed by atoms with Gasteiger partial charge in [0.1, 0.15) is 11.4 Å². The highest BCUT2D eigenvalue weighted by Crippen LogP contribution is 2.31. The summed E-state index contributed by atoms with van der Waals surface area (Å²) in [5.74, 6) is 0.685. The number of aryl methyl sites for hydroxylation is 2. The highest BCUT2D eigenvalue weighted by Gasteiger charge is 2.25. The van der Waals surface area contributed by atoms with Crippen molar-refractivity contribution in [2.24, 2.45) is 0 Å². The van der Waals surface area contributed by atoms with E-state index < -0.39 is 10.0 Å². The molecule has 0 saturated carbocycles. The molecule has 2 aromatic carbocycles. The normalized spacial score (nSPS) is 13.7. The van der Waals surface area contributed by atoms with Crippen LogP contribution >= 0.6 is 11.8 Å². The van der Waals surface area contributed by atoms with E-state index >= 15 is 0 Å². The summed E-state index contributed by atoms with van der Waals surface area (Å²) in [6, 6.07) is 10.9. The number of tetrazole rings is 1. The molecule has 2 heterocycles. The summed E-state index contributed by atoms with van der Waals surface area (Å²) in [5.41, 5.74) is 3.78. The van der Waals surface area contributed by atoms with E-state index in [1.807, 2.05) is 25.1 Å². The minimum absolute atomic E-state index is 0.0833. The van der Waals surface area contributed by atoms with Crippen molar-refractivity contribution in [3.63, 3.8) is 0 Å². The van der Waals surface area contributed by atoms with Crippen LogP contribution in [0.25, 0.3) is 5.69 Å². The van der Waals surface area contributed by atoms with Crippen LogP contribution in [0.2, 0.25) is 0 Å². The Morgan fingerprint density at radius 2 is 2.00 bits per heavy atom. The van der Waals surface area contributed by atoms with Gasteiger partial charge in [-0.05, 0) is 71.7 Å². The molecule has 0 aliphatic carbocycles. The lowest BCUT2D eigenvalue weighted by atomic mass is 9.99. The zero-order valence-corrected chi connectivity index (χ0v) is 19.6. The summed E-state index contributed by atoms with van der Waals surface area (Å²) in [4.78, 5) is 12.9. The predicted octanol–water partition coefficient (Wildman–Crippen LogP) is 2.67. The molecule has 0 bridgehead atoms. The van der Waals surface area contributed by atoms with E-state index in [9.17, 15) is 13.2 Å². The number of benzene rings is 2. The number of hydrogen-bond donors (Lipinski definition) is 0. The molecule has 168 valence electrons. The summed E-state index contributed by atoms with van der Waals surface area (Å²) < 4.78 is 32.5. The minimum atomic E-state index is -3.34. The van der Waals surface area contributed by atoms with Crippen molar-refractivity contribution in [1.29, 1.82) is 0 Å². The third-order valence-electron chi connectivity index (χ3n) is 5.21. The molecule has 0 amide bonds. The van der Waals surface area contributed by atoms with Crippen LogP contribution in [0.1, 0.15) is 27.9 Å². The molecule has 0 radical (unpaired) electrons. The lowest BCUT2D eigenvalue weighted by molar-refractivity contribution is 0.102. The molecule has 0 saturated heterocycles.